The number of aryl methyl sites for hydroxylation is 1. The molecule has 0 aliphatic carbocycles. The van der Waals surface area contributed by atoms with Crippen molar-refractivity contribution in [1.82, 2.24) is 9.97 Å². The number of rotatable bonds is 3. The third-order valence-electron chi connectivity index (χ3n) is 4.04. The second kappa shape index (κ2) is 14.0. The third-order valence-corrected chi connectivity index (χ3v) is 5.17. The van der Waals surface area contributed by atoms with Crippen LogP contribution in [0.4, 0.5) is 0 Å². The Balaban J connectivity index is 0.000000280. The van der Waals surface area contributed by atoms with Gasteiger partial charge in [-0.3, -0.25) is 0 Å². The molecule has 5 heteroatoms. The molecular formula is C28H22IrN3S. The quantitative estimate of drug-likeness (QED) is 0.118. The molecule has 0 N–H and O–H groups in total. The molecule has 0 bridgehead atoms. The summed E-state index contributed by atoms with van der Waals surface area (Å²) in [5, 5.41) is 10.2. The summed E-state index contributed by atoms with van der Waals surface area (Å²) in [6, 6.07) is 24.4. The van der Waals surface area contributed by atoms with Crippen molar-refractivity contribution >= 4 is 37.9 Å². The van der Waals surface area contributed by atoms with Crippen LogP contribution in [0.2, 0.25) is 0 Å². The molecule has 3 aromatic heterocycles. The molecule has 0 aliphatic heterocycles. The van der Waals surface area contributed by atoms with Crippen LogP contribution in [0.5, 0.6) is 0 Å². The Kier molecular flexibility index (Phi) is 8.18. The summed E-state index contributed by atoms with van der Waals surface area (Å²) in [6.07, 6.45) is 1.74. The van der Waals surface area contributed by atoms with Crippen molar-refractivity contribution in [2.24, 2.45) is 0 Å². The maximum absolute atomic E-state index is 8.11. The Bertz CT molecular complexity index is 1540. The minimum absolute atomic E-state index is 0. The second-order valence-corrected chi connectivity index (χ2v) is 7.20. The number of hydrogen-bond acceptors (Lipinski definition) is 3. The van der Waals surface area contributed by atoms with Crippen LogP contribution >= 0.6 is 11.3 Å². The Labute approximate surface area is 219 Å². The van der Waals surface area contributed by atoms with Gasteiger partial charge in [0, 0.05) is 11.9 Å². The van der Waals surface area contributed by atoms with Gasteiger partial charge in [0.1, 0.15) is 4.83 Å². The van der Waals surface area contributed by atoms with Crippen molar-refractivity contribution in [3.63, 3.8) is 0 Å². The van der Waals surface area contributed by atoms with Crippen LogP contribution in [0.1, 0.15) is 12.5 Å². The van der Waals surface area contributed by atoms with E-state index in [-0.39, 0.29) is 50.5 Å². The summed E-state index contributed by atoms with van der Waals surface area (Å²) in [5.74, 6) is 0. The molecule has 0 saturated heterocycles. The first-order valence-electron chi connectivity index (χ1n) is 12.1. The van der Waals surface area contributed by atoms with E-state index in [0.717, 1.165) is 26.0 Å². The van der Waals surface area contributed by atoms with E-state index in [1.807, 2.05) is 55.5 Å². The predicted octanol–water partition coefficient (Wildman–Crippen LogP) is 7.47. The Morgan fingerprint density at radius 3 is 2.55 bits per heavy atom. The molecule has 0 fully saturated rings. The molecule has 0 unspecified atom stereocenters. The van der Waals surface area contributed by atoms with E-state index in [0.29, 0.717) is 17.5 Å². The second-order valence-electron chi connectivity index (χ2n) is 6.21. The van der Waals surface area contributed by atoms with Gasteiger partial charge in [-0.2, -0.15) is 53.9 Å². The molecule has 3 heterocycles. The Morgan fingerprint density at radius 2 is 1.91 bits per heavy atom. The van der Waals surface area contributed by atoms with E-state index >= 15 is 0 Å². The van der Waals surface area contributed by atoms with Crippen LogP contribution in [0.3, 0.4) is 0 Å². The van der Waals surface area contributed by atoms with Gasteiger partial charge in [-0.05, 0) is 34.8 Å². The third kappa shape index (κ3) is 7.40. The first-order chi connectivity index (χ1) is 17.8. The molecule has 33 heavy (non-hydrogen) atoms. The smallest absolute Gasteiger partial charge is 0.811 e. The standard InChI is InChI=1S/C17H11N2S.C6H5.C5H6N.Ir/c1-11-8-9-13-12-5-4-6-14(15-7-2-3-10-18-15)16(12)20-17(13)19-11;1-2-4-6-5-3-1;1-2-3-4-5-6;/h2-5,7-10H,1H3;1-5H;2-5H,1H2;/q3*-1;+3/b;;4-3-;/i2D,7D,10D;;3D,4D;. The van der Waals surface area contributed by atoms with Gasteiger partial charge in [-0.1, -0.05) is 48.3 Å². The molecule has 164 valence electrons. The van der Waals surface area contributed by atoms with Crippen LogP contribution in [0, 0.1) is 19.1 Å². The molecule has 0 atom stereocenters. The number of fused-ring (bicyclic) bond motifs is 3. The molecule has 0 spiro atoms. The van der Waals surface area contributed by atoms with Gasteiger partial charge in [0.15, 0.2) is 0 Å². The molecular weight excluding hydrogens is 603 g/mol. The number of nitrogens with zero attached hydrogens (tertiary/aromatic N) is 3. The van der Waals surface area contributed by atoms with Gasteiger partial charge >= 0.3 is 20.1 Å². The molecule has 0 saturated carbocycles. The van der Waals surface area contributed by atoms with Gasteiger partial charge in [0.2, 0.25) is 0 Å². The zero-order chi connectivity index (χ0) is 26.9. The topological polar surface area (TPSA) is 48.1 Å². The number of benzene rings is 2. The van der Waals surface area contributed by atoms with Crippen molar-refractivity contribution in [1.29, 1.82) is 0 Å². The van der Waals surface area contributed by atoms with E-state index in [4.69, 9.17) is 12.3 Å². The van der Waals surface area contributed by atoms with E-state index in [1.165, 1.54) is 23.5 Å². The summed E-state index contributed by atoms with van der Waals surface area (Å²) < 4.78 is 38.2. The largest absolute Gasteiger partial charge is 3.00 e. The van der Waals surface area contributed by atoms with Crippen LogP contribution in [0.15, 0.2) is 104 Å². The fourth-order valence-corrected chi connectivity index (χ4v) is 3.93. The summed E-state index contributed by atoms with van der Waals surface area (Å²) in [4.78, 5) is 9.66. The maximum Gasteiger partial charge on any atom is 3.00 e. The fraction of sp³-hybridized carbons (Fsp3) is 0.0357. The average molecular weight is 630 g/mol. The average Bonchev–Trinajstić information content (AvgIpc) is 3.29. The van der Waals surface area contributed by atoms with Crippen LogP contribution in [-0.2, 0) is 20.1 Å². The van der Waals surface area contributed by atoms with Crippen molar-refractivity contribution in [3.8, 4) is 11.3 Å². The molecule has 5 aromatic rings. The van der Waals surface area contributed by atoms with Crippen molar-refractivity contribution in [2.75, 3.05) is 0 Å². The first-order valence-corrected chi connectivity index (χ1v) is 10.4. The molecule has 2 aromatic carbocycles. The van der Waals surface area contributed by atoms with Crippen molar-refractivity contribution in [3.05, 3.63) is 127 Å². The predicted molar refractivity (Wildman–Crippen MR) is 138 cm³/mol. The molecule has 0 amide bonds. The summed E-state index contributed by atoms with van der Waals surface area (Å²) in [5.41, 5.74) is 1.95. The van der Waals surface area contributed by atoms with E-state index in [1.54, 1.807) is 6.07 Å². The number of allylic oxidation sites excluding steroid dienone is 3. The Hall–Kier alpha value is -3.24. The van der Waals surface area contributed by atoms with Gasteiger partial charge in [0.25, 0.3) is 0 Å². The first kappa shape index (κ1) is 19.2. The molecule has 5 rings (SSSR count). The minimum Gasteiger partial charge on any atom is -0.811 e. The summed E-state index contributed by atoms with van der Waals surface area (Å²) >= 11 is 1.53. The van der Waals surface area contributed by atoms with E-state index in [2.05, 4.69) is 28.7 Å². The van der Waals surface area contributed by atoms with Gasteiger partial charge < -0.3 is 10.4 Å². The zero-order valence-corrected chi connectivity index (χ0v) is 20.9. The maximum atomic E-state index is 8.11. The number of pyridine rings is 2. The molecule has 0 aliphatic rings. The van der Waals surface area contributed by atoms with Gasteiger partial charge in [0.05, 0.1) is 6.85 Å². The fourth-order valence-electron chi connectivity index (χ4n) is 2.71. The molecule has 3 nitrogen and oxygen atoms in total. The van der Waals surface area contributed by atoms with E-state index in [9.17, 15) is 0 Å². The van der Waals surface area contributed by atoms with Crippen LogP contribution in [-0.4, -0.2) is 16.2 Å². The minimum atomic E-state index is -0.222. The molecule has 0 radical (unpaired) electrons. The summed E-state index contributed by atoms with van der Waals surface area (Å²) in [6.45, 7) is 5.19. The van der Waals surface area contributed by atoms with Crippen LogP contribution < -0.4 is 0 Å². The zero-order valence-electron chi connectivity index (χ0n) is 22.7. The SMILES string of the molecule is [2H]/C(C=C)=C(\[2H])C=[N-].[2H]c1cc([2H])c([2H])c(-c2[c-]ccc3c2sc2nc(C)ccc23)n1.[Ir+3].[c-]1ccccc1. The van der Waals surface area contributed by atoms with Crippen molar-refractivity contribution < 1.29 is 27.0 Å². The monoisotopic (exact) mass is 630 g/mol. The van der Waals surface area contributed by atoms with Crippen molar-refractivity contribution in [2.45, 2.75) is 6.92 Å². The number of aromatic nitrogens is 2. The van der Waals surface area contributed by atoms with E-state index < -0.39 is 0 Å². The number of thiophene rings is 1. The number of hydrogen-bond donors (Lipinski definition) is 0. The normalized spacial score (nSPS) is 12.6. The van der Waals surface area contributed by atoms with Gasteiger partial charge in [-0.25, -0.2) is 4.98 Å². The van der Waals surface area contributed by atoms with Crippen LogP contribution in [0.25, 0.3) is 37.0 Å². The summed E-state index contributed by atoms with van der Waals surface area (Å²) in [7, 11) is 0. The van der Waals surface area contributed by atoms with Gasteiger partial charge in [-0.15, -0.1) is 23.8 Å². The Morgan fingerprint density at radius 1 is 1.09 bits per heavy atom.